The van der Waals surface area contributed by atoms with Crippen LogP contribution in [0, 0.1) is 6.92 Å². The number of ether oxygens (including phenoxy) is 2. The van der Waals surface area contributed by atoms with Gasteiger partial charge in [-0.25, -0.2) is 4.79 Å². The lowest BCUT2D eigenvalue weighted by atomic mass is 9.93. The molecule has 1 unspecified atom stereocenters. The average Bonchev–Trinajstić information content (AvgIpc) is 3.29. The van der Waals surface area contributed by atoms with Gasteiger partial charge in [0.25, 0.3) is 11.7 Å². The third-order valence-corrected chi connectivity index (χ3v) is 7.38. The minimum atomic E-state index is -0.918. The number of hydrogen-bond donors (Lipinski definition) is 1. The number of anilines is 1. The van der Waals surface area contributed by atoms with Crippen molar-refractivity contribution in [1.29, 1.82) is 0 Å². The molecule has 4 aromatic rings. The van der Waals surface area contributed by atoms with Gasteiger partial charge in [0.2, 0.25) is 0 Å². The van der Waals surface area contributed by atoms with Crippen LogP contribution in [0.4, 0.5) is 5.69 Å². The molecule has 1 aliphatic rings. The molecule has 1 N–H and O–H groups in total. The third-order valence-electron chi connectivity index (χ3n) is 7.38. The van der Waals surface area contributed by atoms with Gasteiger partial charge >= 0.3 is 5.97 Å². The van der Waals surface area contributed by atoms with E-state index in [0.717, 1.165) is 23.1 Å². The van der Waals surface area contributed by atoms with Crippen LogP contribution in [-0.2, 0) is 27.4 Å². The van der Waals surface area contributed by atoms with E-state index in [2.05, 4.69) is 0 Å². The summed E-state index contributed by atoms with van der Waals surface area (Å²) in [6, 6.07) is 27.9. The molecule has 5 rings (SSSR count). The summed E-state index contributed by atoms with van der Waals surface area (Å²) in [5.74, 6) is -1.84. The lowest BCUT2D eigenvalue weighted by Gasteiger charge is -2.26. The number of aryl methyl sites for hydroxylation is 2. The molecule has 42 heavy (non-hydrogen) atoms. The van der Waals surface area contributed by atoms with Gasteiger partial charge in [-0.1, -0.05) is 67.6 Å². The van der Waals surface area contributed by atoms with Crippen molar-refractivity contribution < 1.29 is 29.0 Å². The first-order valence-corrected chi connectivity index (χ1v) is 13.7. The van der Waals surface area contributed by atoms with Crippen molar-refractivity contribution in [3.63, 3.8) is 0 Å². The first kappa shape index (κ1) is 28.4. The van der Waals surface area contributed by atoms with Crippen LogP contribution in [0.25, 0.3) is 5.76 Å². The van der Waals surface area contributed by atoms with E-state index in [0.29, 0.717) is 29.2 Å². The Bertz CT molecular complexity index is 1670. The molecule has 1 saturated heterocycles. The van der Waals surface area contributed by atoms with Gasteiger partial charge in [-0.3, -0.25) is 14.5 Å². The van der Waals surface area contributed by atoms with E-state index < -0.39 is 23.7 Å². The van der Waals surface area contributed by atoms with E-state index in [1.165, 1.54) is 18.1 Å². The maximum atomic E-state index is 13.6. The smallest absolute Gasteiger partial charge is 0.337 e. The number of nitrogens with zero attached hydrogens (tertiary/aromatic N) is 1. The highest BCUT2D eigenvalue weighted by molar-refractivity contribution is 6.51. The molecular weight excluding hydrogens is 530 g/mol. The van der Waals surface area contributed by atoms with Crippen LogP contribution in [0.1, 0.15) is 51.1 Å². The number of hydrogen-bond acceptors (Lipinski definition) is 6. The Kier molecular flexibility index (Phi) is 8.20. The van der Waals surface area contributed by atoms with E-state index in [4.69, 9.17) is 9.47 Å². The molecular formula is C35H31NO6. The summed E-state index contributed by atoms with van der Waals surface area (Å²) in [6.45, 7) is 4.28. The number of rotatable bonds is 8. The van der Waals surface area contributed by atoms with Crippen molar-refractivity contribution in [2.75, 3.05) is 12.0 Å². The summed E-state index contributed by atoms with van der Waals surface area (Å²) < 4.78 is 10.8. The number of amides is 1. The standard InChI is InChI=1S/C35H31NO6/c1-4-23-13-15-25(16-14-23)31-30(33(38)34(39)36(31)28-12-8-11-27(20-28)35(40)41-3)32(37)26-17-18-29(22(2)19-26)42-21-24-9-6-5-7-10-24/h5-20,31,37H,4,21H2,1-3H3/b32-30+. The van der Waals surface area contributed by atoms with Gasteiger partial charge in [0.05, 0.1) is 24.3 Å². The molecule has 0 bridgehead atoms. The van der Waals surface area contributed by atoms with Crippen LogP contribution in [0.15, 0.2) is 103 Å². The molecule has 0 aromatic heterocycles. The second-order valence-electron chi connectivity index (χ2n) is 10.1. The highest BCUT2D eigenvalue weighted by atomic mass is 16.5. The fraction of sp³-hybridized carbons (Fsp3) is 0.171. The van der Waals surface area contributed by atoms with Gasteiger partial charge in [-0.15, -0.1) is 0 Å². The molecule has 1 aliphatic heterocycles. The quantitative estimate of drug-likeness (QED) is 0.114. The third kappa shape index (κ3) is 5.54. The SMILES string of the molecule is CCc1ccc(C2/C(=C(\O)c3ccc(OCc4ccccc4)c(C)c3)C(=O)C(=O)N2c2cccc(C(=O)OC)c2)cc1. The lowest BCUT2D eigenvalue weighted by molar-refractivity contribution is -0.132. The van der Waals surface area contributed by atoms with E-state index in [1.807, 2.05) is 68.4 Å². The highest BCUT2D eigenvalue weighted by Gasteiger charge is 2.47. The van der Waals surface area contributed by atoms with Crippen molar-refractivity contribution in [1.82, 2.24) is 0 Å². The zero-order chi connectivity index (χ0) is 29.8. The molecule has 7 nitrogen and oxygen atoms in total. The van der Waals surface area contributed by atoms with Crippen molar-refractivity contribution >= 4 is 29.1 Å². The summed E-state index contributed by atoms with van der Waals surface area (Å²) >= 11 is 0. The number of carbonyl (C=O) groups is 3. The van der Waals surface area contributed by atoms with Gasteiger partial charge in [-0.05, 0) is 72.0 Å². The Morgan fingerprint density at radius 1 is 0.857 bits per heavy atom. The number of carbonyl (C=O) groups excluding carboxylic acids is 3. The molecule has 1 heterocycles. The summed E-state index contributed by atoms with van der Waals surface area (Å²) in [5.41, 5.74) is 4.44. The Labute approximate surface area is 244 Å². The molecule has 0 saturated carbocycles. The van der Waals surface area contributed by atoms with Gasteiger partial charge < -0.3 is 14.6 Å². The van der Waals surface area contributed by atoms with Gasteiger partial charge in [-0.2, -0.15) is 0 Å². The zero-order valence-corrected chi connectivity index (χ0v) is 23.7. The van der Waals surface area contributed by atoms with E-state index in [1.54, 1.807) is 36.4 Å². The summed E-state index contributed by atoms with van der Waals surface area (Å²) in [5, 5.41) is 11.6. The number of aliphatic hydroxyl groups excluding tert-OH is 1. The van der Waals surface area contributed by atoms with E-state index in [-0.39, 0.29) is 16.9 Å². The molecule has 0 aliphatic carbocycles. The molecule has 1 amide bonds. The number of aliphatic hydroxyl groups is 1. The zero-order valence-electron chi connectivity index (χ0n) is 23.7. The minimum Gasteiger partial charge on any atom is -0.507 e. The van der Waals surface area contributed by atoms with Crippen molar-refractivity contribution in [3.8, 4) is 5.75 Å². The lowest BCUT2D eigenvalue weighted by Crippen LogP contribution is -2.29. The predicted octanol–water partition coefficient (Wildman–Crippen LogP) is 6.55. The van der Waals surface area contributed by atoms with E-state index in [9.17, 15) is 19.5 Å². The largest absolute Gasteiger partial charge is 0.507 e. The van der Waals surface area contributed by atoms with Crippen LogP contribution in [0.3, 0.4) is 0 Å². The normalized spacial score (nSPS) is 16.0. The molecule has 0 spiro atoms. The average molecular weight is 562 g/mol. The van der Waals surface area contributed by atoms with Crippen LogP contribution in [0.2, 0.25) is 0 Å². The second-order valence-corrected chi connectivity index (χ2v) is 10.1. The minimum absolute atomic E-state index is 0.0370. The Morgan fingerprint density at radius 3 is 2.26 bits per heavy atom. The second kappa shape index (κ2) is 12.1. The number of Topliss-reactive ketones (excluding diaryl/α,β-unsaturated/α-hetero) is 1. The maximum Gasteiger partial charge on any atom is 0.337 e. The topological polar surface area (TPSA) is 93.1 Å². The first-order valence-electron chi connectivity index (χ1n) is 13.7. The van der Waals surface area contributed by atoms with Crippen LogP contribution >= 0.6 is 0 Å². The number of benzene rings is 4. The number of ketones is 1. The molecule has 4 aromatic carbocycles. The Balaban J connectivity index is 1.57. The fourth-order valence-electron chi connectivity index (χ4n) is 5.10. The van der Waals surface area contributed by atoms with Crippen molar-refractivity contribution in [3.05, 3.63) is 136 Å². The van der Waals surface area contributed by atoms with Crippen LogP contribution in [0.5, 0.6) is 5.75 Å². The fourth-order valence-corrected chi connectivity index (χ4v) is 5.10. The molecule has 212 valence electrons. The first-order chi connectivity index (χ1) is 20.3. The van der Waals surface area contributed by atoms with Gasteiger partial charge in [0.1, 0.15) is 18.1 Å². The summed E-state index contributed by atoms with van der Waals surface area (Å²) in [6.07, 6.45) is 0.819. The van der Waals surface area contributed by atoms with Crippen molar-refractivity contribution in [2.45, 2.75) is 32.9 Å². The monoisotopic (exact) mass is 561 g/mol. The van der Waals surface area contributed by atoms with Gasteiger partial charge in [0.15, 0.2) is 0 Å². The van der Waals surface area contributed by atoms with E-state index >= 15 is 0 Å². The summed E-state index contributed by atoms with van der Waals surface area (Å²) in [4.78, 5) is 40.7. The Morgan fingerprint density at radius 2 is 1.60 bits per heavy atom. The molecule has 1 atom stereocenters. The Hall–Kier alpha value is -5.17. The predicted molar refractivity (Wildman–Crippen MR) is 160 cm³/mol. The van der Waals surface area contributed by atoms with Crippen LogP contribution < -0.4 is 9.64 Å². The highest BCUT2D eigenvalue weighted by Crippen LogP contribution is 2.42. The maximum absolute atomic E-state index is 13.6. The van der Waals surface area contributed by atoms with Crippen LogP contribution in [-0.4, -0.2) is 29.9 Å². The number of esters is 1. The summed E-state index contributed by atoms with van der Waals surface area (Å²) in [7, 11) is 1.27. The van der Waals surface area contributed by atoms with Crippen molar-refractivity contribution in [2.24, 2.45) is 0 Å². The molecule has 1 fully saturated rings. The molecule has 7 heteroatoms. The van der Waals surface area contributed by atoms with Gasteiger partial charge in [0, 0.05) is 11.3 Å². The molecule has 0 radical (unpaired) electrons. The number of methoxy groups -OCH3 is 1.